The van der Waals surface area contributed by atoms with Crippen molar-refractivity contribution in [2.24, 2.45) is 0 Å². The Labute approximate surface area is 103 Å². The van der Waals surface area contributed by atoms with Crippen LogP contribution in [0.2, 0.25) is 0 Å². The smallest absolute Gasteiger partial charge is 0.387 e. The normalized spacial score (nSPS) is 10.4. The van der Waals surface area contributed by atoms with Gasteiger partial charge in [-0.25, -0.2) is 0 Å². The number of nitrogens with zero attached hydrogens (tertiary/aromatic N) is 1. The van der Waals surface area contributed by atoms with Gasteiger partial charge in [-0.15, -0.1) is 0 Å². The second-order valence-electron chi connectivity index (χ2n) is 2.99. The molecule has 1 rings (SSSR count). The minimum absolute atomic E-state index is 0.0262. The summed E-state index contributed by atoms with van der Waals surface area (Å²) in [5, 5.41) is 10.6. The lowest BCUT2D eigenvalue weighted by atomic mass is 10.1. The van der Waals surface area contributed by atoms with Crippen LogP contribution in [0.5, 0.6) is 5.75 Å². The summed E-state index contributed by atoms with van der Waals surface area (Å²) in [5.74, 6) is -1.02. The number of rotatable bonds is 4. The van der Waals surface area contributed by atoms with Crippen molar-refractivity contribution >= 4 is 27.4 Å². The fourth-order valence-electron chi connectivity index (χ4n) is 1.15. The van der Waals surface area contributed by atoms with E-state index in [1.165, 1.54) is 6.92 Å². The first-order valence-electron chi connectivity index (χ1n) is 4.26. The molecule has 0 aromatic heterocycles. The highest BCUT2D eigenvalue weighted by Gasteiger charge is 2.22. The van der Waals surface area contributed by atoms with E-state index in [1.54, 1.807) is 0 Å². The number of carbonyl (C=O) groups excluding carboxylic acids is 1. The molecule has 0 fully saturated rings. The number of benzene rings is 1. The number of halogens is 3. The molecule has 0 radical (unpaired) electrons. The average Bonchev–Trinajstić information content (AvgIpc) is 2.15. The molecule has 0 aliphatic carbocycles. The summed E-state index contributed by atoms with van der Waals surface area (Å²) in [7, 11) is 0. The average molecular weight is 310 g/mol. The van der Waals surface area contributed by atoms with Crippen LogP contribution in [-0.2, 0) is 0 Å². The van der Waals surface area contributed by atoms with Crippen molar-refractivity contribution in [2.45, 2.75) is 13.5 Å². The molecule has 92 valence electrons. The molecule has 0 saturated carbocycles. The maximum atomic E-state index is 12.0. The summed E-state index contributed by atoms with van der Waals surface area (Å²) < 4.78 is 28.2. The second kappa shape index (κ2) is 5.17. The molecule has 17 heavy (non-hydrogen) atoms. The number of hydrogen-bond acceptors (Lipinski definition) is 4. The zero-order valence-corrected chi connectivity index (χ0v) is 10.0. The number of alkyl halides is 2. The first kappa shape index (κ1) is 13.5. The van der Waals surface area contributed by atoms with Crippen LogP contribution < -0.4 is 4.74 Å². The second-order valence-corrected chi connectivity index (χ2v) is 3.85. The zero-order valence-electron chi connectivity index (χ0n) is 8.45. The molecule has 5 nitrogen and oxygen atoms in total. The van der Waals surface area contributed by atoms with Crippen LogP contribution in [0, 0.1) is 10.1 Å². The fourth-order valence-corrected chi connectivity index (χ4v) is 1.75. The van der Waals surface area contributed by atoms with Crippen molar-refractivity contribution in [1.29, 1.82) is 0 Å². The van der Waals surface area contributed by atoms with Crippen molar-refractivity contribution in [2.75, 3.05) is 0 Å². The Bertz CT molecular complexity index is 478. The summed E-state index contributed by atoms with van der Waals surface area (Å²) in [6.07, 6.45) is 0. The van der Waals surface area contributed by atoms with E-state index in [4.69, 9.17) is 0 Å². The molecular formula is C9H6BrF2NO4. The summed E-state index contributed by atoms with van der Waals surface area (Å²) in [6.45, 7) is -1.97. The Morgan fingerprint density at radius 2 is 2.12 bits per heavy atom. The molecule has 1 aromatic rings. The van der Waals surface area contributed by atoms with Crippen LogP contribution in [0.4, 0.5) is 14.5 Å². The third-order valence-corrected chi connectivity index (χ3v) is 2.50. The van der Waals surface area contributed by atoms with E-state index >= 15 is 0 Å². The first-order chi connectivity index (χ1) is 7.82. The Morgan fingerprint density at radius 1 is 1.53 bits per heavy atom. The minimum atomic E-state index is -3.18. The van der Waals surface area contributed by atoms with Crippen molar-refractivity contribution in [1.82, 2.24) is 0 Å². The number of Topliss-reactive ketones (excluding diaryl/α,β-unsaturated/α-hetero) is 1. The largest absolute Gasteiger partial charge is 0.427 e. The summed E-state index contributed by atoms with van der Waals surface area (Å²) in [5.41, 5.74) is -0.656. The lowest BCUT2D eigenvalue weighted by Gasteiger charge is -2.07. The highest BCUT2D eigenvalue weighted by Crippen LogP contribution is 2.34. The molecule has 8 heteroatoms. The van der Waals surface area contributed by atoms with Gasteiger partial charge in [-0.2, -0.15) is 8.78 Å². The minimum Gasteiger partial charge on any atom is -0.427 e. The lowest BCUT2D eigenvalue weighted by molar-refractivity contribution is -0.386. The van der Waals surface area contributed by atoms with Crippen LogP contribution in [0.15, 0.2) is 16.6 Å². The van der Waals surface area contributed by atoms with Gasteiger partial charge < -0.3 is 4.74 Å². The highest BCUT2D eigenvalue weighted by atomic mass is 79.9. The summed E-state index contributed by atoms with van der Waals surface area (Å²) >= 11 is 2.95. The Morgan fingerprint density at radius 3 is 2.53 bits per heavy atom. The molecular weight excluding hydrogens is 304 g/mol. The molecule has 0 N–H and O–H groups in total. The van der Waals surface area contributed by atoms with E-state index in [0.29, 0.717) is 0 Å². The van der Waals surface area contributed by atoms with Gasteiger partial charge in [-0.3, -0.25) is 14.9 Å². The van der Waals surface area contributed by atoms with E-state index < -0.39 is 28.8 Å². The summed E-state index contributed by atoms with van der Waals surface area (Å²) in [4.78, 5) is 20.9. The number of ether oxygens (including phenoxy) is 1. The van der Waals surface area contributed by atoms with Crippen molar-refractivity contribution < 1.29 is 23.2 Å². The van der Waals surface area contributed by atoms with E-state index in [9.17, 15) is 23.7 Å². The molecule has 0 amide bonds. The predicted molar refractivity (Wildman–Crippen MR) is 57.4 cm³/mol. The molecule has 0 aliphatic rings. The van der Waals surface area contributed by atoms with Gasteiger partial charge in [-0.1, -0.05) is 0 Å². The SMILES string of the molecule is CC(=O)c1cc([N+](=O)[O-])c(OC(F)F)cc1Br. The van der Waals surface area contributed by atoms with E-state index in [1.807, 2.05) is 0 Å². The maximum Gasteiger partial charge on any atom is 0.387 e. The Balaban J connectivity index is 3.35. The molecule has 0 saturated heterocycles. The van der Waals surface area contributed by atoms with Gasteiger partial charge in [0.15, 0.2) is 5.78 Å². The maximum absolute atomic E-state index is 12.0. The number of nitro groups is 1. The Hall–Kier alpha value is -1.57. The third-order valence-electron chi connectivity index (χ3n) is 1.84. The molecule has 0 unspecified atom stereocenters. The van der Waals surface area contributed by atoms with Crippen LogP contribution in [0.3, 0.4) is 0 Å². The van der Waals surface area contributed by atoms with Crippen LogP contribution in [-0.4, -0.2) is 17.3 Å². The van der Waals surface area contributed by atoms with Crippen LogP contribution in [0.25, 0.3) is 0 Å². The van der Waals surface area contributed by atoms with E-state index in [0.717, 1.165) is 12.1 Å². The molecule has 0 heterocycles. The van der Waals surface area contributed by atoms with Crippen LogP contribution >= 0.6 is 15.9 Å². The highest BCUT2D eigenvalue weighted by molar-refractivity contribution is 9.10. The lowest BCUT2D eigenvalue weighted by Crippen LogP contribution is -2.06. The van der Waals surface area contributed by atoms with Crippen molar-refractivity contribution in [3.63, 3.8) is 0 Å². The van der Waals surface area contributed by atoms with Gasteiger partial charge in [0.05, 0.1) is 4.92 Å². The van der Waals surface area contributed by atoms with Gasteiger partial charge in [0.25, 0.3) is 0 Å². The Kier molecular flexibility index (Phi) is 4.11. The number of ketones is 1. The fraction of sp³-hybridized carbons (Fsp3) is 0.222. The van der Waals surface area contributed by atoms with Gasteiger partial charge in [-0.05, 0) is 22.9 Å². The number of nitro benzene ring substituents is 1. The molecule has 0 atom stereocenters. The molecule has 0 spiro atoms. The van der Waals surface area contributed by atoms with E-state index in [2.05, 4.69) is 20.7 Å². The topological polar surface area (TPSA) is 69.4 Å². The third kappa shape index (κ3) is 3.19. The number of hydrogen-bond donors (Lipinski definition) is 0. The predicted octanol–water partition coefficient (Wildman–Crippen LogP) is 3.16. The number of carbonyl (C=O) groups is 1. The van der Waals surface area contributed by atoms with Gasteiger partial charge in [0.2, 0.25) is 5.75 Å². The van der Waals surface area contributed by atoms with Crippen LogP contribution in [0.1, 0.15) is 17.3 Å². The summed E-state index contributed by atoms with van der Waals surface area (Å²) in [6, 6.07) is 1.87. The molecule has 0 bridgehead atoms. The first-order valence-corrected chi connectivity index (χ1v) is 5.06. The van der Waals surface area contributed by atoms with Gasteiger partial charge in [0.1, 0.15) is 0 Å². The quantitative estimate of drug-likeness (QED) is 0.486. The molecule has 0 aliphatic heterocycles. The molecule has 1 aromatic carbocycles. The van der Waals surface area contributed by atoms with Crippen molar-refractivity contribution in [3.05, 3.63) is 32.3 Å². The monoisotopic (exact) mass is 309 g/mol. The van der Waals surface area contributed by atoms with Crippen molar-refractivity contribution in [3.8, 4) is 5.75 Å². The van der Waals surface area contributed by atoms with E-state index in [-0.39, 0.29) is 10.0 Å². The van der Waals surface area contributed by atoms with Gasteiger partial charge in [0, 0.05) is 22.2 Å². The zero-order chi connectivity index (χ0) is 13.2. The standard InChI is InChI=1S/C9H6BrF2NO4/c1-4(14)5-2-7(13(15)16)8(3-6(5)10)17-9(11)12/h2-3,9H,1H3. The van der Waals surface area contributed by atoms with Gasteiger partial charge >= 0.3 is 12.3 Å².